The van der Waals surface area contributed by atoms with Crippen molar-refractivity contribution in [1.29, 1.82) is 0 Å². The Balaban J connectivity index is 1.85. The molecule has 0 unspecified atom stereocenters. The first kappa shape index (κ1) is 11.6. The molecule has 2 rings (SSSR count). The van der Waals surface area contributed by atoms with Crippen molar-refractivity contribution < 1.29 is 4.39 Å². The average molecular weight is 221 g/mol. The minimum absolute atomic E-state index is 0.0494. The number of likely N-dealkylation sites (tertiary alicyclic amines) is 1. The summed E-state index contributed by atoms with van der Waals surface area (Å²) in [5, 5.41) is 0. The molecular weight excluding hydrogens is 201 g/mol. The zero-order valence-corrected chi connectivity index (χ0v) is 9.95. The summed E-state index contributed by atoms with van der Waals surface area (Å²) in [4.78, 5) is 2.38. The highest BCUT2D eigenvalue weighted by Gasteiger charge is 2.17. The number of rotatable bonds is 3. The predicted octanol–water partition coefficient (Wildman–Crippen LogP) is 3.10. The van der Waals surface area contributed by atoms with E-state index in [9.17, 15) is 4.39 Å². The van der Waals surface area contributed by atoms with E-state index in [0.29, 0.717) is 0 Å². The van der Waals surface area contributed by atoms with Crippen LogP contribution < -0.4 is 0 Å². The molecule has 0 saturated carbocycles. The SMILES string of the molecule is CN1CCC[C@H](CCc2ccccc2F)C1. The first-order chi connectivity index (χ1) is 7.75. The van der Waals surface area contributed by atoms with Crippen molar-refractivity contribution in [2.75, 3.05) is 20.1 Å². The molecule has 1 aliphatic rings. The van der Waals surface area contributed by atoms with Crippen LogP contribution in [0.2, 0.25) is 0 Å². The molecule has 0 radical (unpaired) electrons. The number of hydrogen-bond acceptors (Lipinski definition) is 1. The van der Waals surface area contributed by atoms with Crippen LogP contribution in [-0.2, 0) is 6.42 Å². The third-order valence-electron chi connectivity index (χ3n) is 3.50. The summed E-state index contributed by atoms with van der Waals surface area (Å²) in [5.41, 5.74) is 0.871. The molecule has 16 heavy (non-hydrogen) atoms. The van der Waals surface area contributed by atoms with Gasteiger partial charge in [0, 0.05) is 6.54 Å². The molecule has 88 valence electrons. The molecule has 0 bridgehead atoms. The van der Waals surface area contributed by atoms with Crippen molar-refractivity contribution in [3.05, 3.63) is 35.6 Å². The van der Waals surface area contributed by atoms with Gasteiger partial charge in [0.1, 0.15) is 5.82 Å². The van der Waals surface area contributed by atoms with E-state index < -0.39 is 0 Å². The Labute approximate surface area is 97.3 Å². The quantitative estimate of drug-likeness (QED) is 0.758. The number of piperidine rings is 1. The van der Waals surface area contributed by atoms with Gasteiger partial charge in [-0.1, -0.05) is 18.2 Å². The minimum atomic E-state index is -0.0494. The Hall–Kier alpha value is -0.890. The lowest BCUT2D eigenvalue weighted by molar-refractivity contribution is 0.202. The zero-order valence-electron chi connectivity index (χ0n) is 9.95. The Bertz CT molecular complexity index is 337. The first-order valence-corrected chi connectivity index (χ1v) is 6.17. The number of halogens is 1. The van der Waals surface area contributed by atoms with Crippen LogP contribution in [0.25, 0.3) is 0 Å². The zero-order chi connectivity index (χ0) is 11.4. The van der Waals surface area contributed by atoms with E-state index in [0.717, 1.165) is 24.3 Å². The Morgan fingerprint density at radius 3 is 2.94 bits per heavy atom. The third kappa shape index (κ3) is 3.05. The number of nitrogens with zero attached hydrogens (tertiary/aromatic N) is 1. The van der Waals surface area contributed by atoms with Crippen LogP contribution in [0.4, 0.5) is 4.39 Å². The fourth-order valence-electron chi connectivity index (χ4n) is 2.57. The normalized spacial score (nSPS) is 22.2. The van der Waals surface area contributed by atoms with Crippen LogP contribution in [0.15, 0.2) is 24.3 Å². The average Bonchev–Trinajstić information content (AvgIpc) is 2.28. The van der Waals surface area contributed by atoms with Crippen molar-refractivity contribution in [1.82, 2.24) is 4.90 Å². The molecule has 0 N–H and O–H groups in total. The van der Waals surface area contributed by atoms with E-state index in [1.165, 1.54) is 25.9 Å². The fraction of sp³-hybridized carbons (Fsp3) is 0.571. The van der Waals surface area contributed by atoms with Gasteiger partial charge in [-0.3, -0.25) is 0 Å². The monoisotopic (exact) mass is 221 g/mol. The molecule has 0 aromatic heterocycles. The van der Waals surface area contributed by atoms with E-state index in [1.54, 1.807) is 12.1 Å². The summed E-state index contributed by atoms with van der Waals surface area (Å²) < 4.78 is 13.4. The summed E-state index contributed by atoms with van der Waals surface area (Å²) in [6.07, 6.45) is 4.59. The highest BCUT2D eigenvalue weighted by Crippen LogP contribution is 2.21. The van der Waals surface area contributed by atoms with E-state index in [1.807, 2.05) is 12.1 Å². The standard InChI is InChI=1S/C14H20FN/c1-16-10-4-5-12(11-16)8-9-13-6-2-3-7-14(13)15/h2-3,6-7,12H,4-5,8-11H2,1H3/t12-/m1/s1. The highest BCUT2D eigenvalue weighted by molar-refractivity contribution is 5.17. The van der Waals surface area contributed by atoms with E-state index in [-0.39, 0.29) is 5.82 Å². The second kappa shape index (κ2) is 5.44. The molecule has 1 aromatic carbocycles. The van der Waals surface area contributed by atoms with Crippen molar-refractivity contribution in [3.8, 4) is 0 Å². The molecule has 1 atom stereocenters. The summed E-state index contributed by atoms with van der Waals surface area (Å²) in [5.74, 6) is 0.699. The van der Waals surface area contributed by atoms with Gasteiger partial charge in [-0.15, -0.1) is 0 Å². The van der Waals surface area contributed by atoms with Gasteiger partial charge in [0.15, 0.2) is 0 Å². The van der Waals surface area contributed by atoms with Gasteiger partial charge >= 0.3 is 0 Å². The summed E-state index contributed by atoms with van der Waals surface area (Å²) in [6.45, 7) is 2.39. The maximum atomic E-state index is 13.4. The van der Waals surface area contributed by atoms with Gasteiger partial charge in [-0.2, -0.15) is 0 Å². The van der Waals surface area contributed by atoms with Gasteiger partial charge in [0.2, 0.25) is 0 Å². The van der Waals surface area contributed by atoms with Gasteiger partial charge in [0.25, 0.3) is 0 Å². The lowest BCUT2D eigenvalue weighted by Crippen LogP contribution is -2.32. The molecule has 0 spiro atoms. The molecule has 2 heteroatoms. The summed E-state index contributed by atoms with van der Waals surface area (Å²) in [7, 11) is 2.18. The minimum Gasteiger partial charge on any atom is -0.306 e. The Morgan fingerprint density at radius 2 is 2.19 bits per heavy atom. The molecule has 1 aliphatic heterocycles. The fourth-order valence-corrected chi connectivity index (χ4v) is 2.57. The molecule has 1 saturated heterocycles. The van der Waals surface area contributed by atoms with Crippen molar-refractivity contribution in [2.24, 2.45) is 5.92 Å². The van der Waals surface area contributed by atoms with Crippen molar-refractivity contribution >= 4 is 0 Å². The molecule has 1 heterocycles. The van der Waals surface area contributed by atoms with Crippen LogP contribution in [0.1, 0.15) is 24.8 Å². The third-order valence-corrected chi connectivity index (χ3v) is 3.50. The maximum Gasteiger partial charge on any atom is 0.126 e. The second-order valence-corrected chi connectivity index (χ2v) is 4.90. The largest absolute Gasteiger partial charge is 0.306 e. The molecule has 1 nitrogen and oxygen atoms in total. The molecule has 1 fully saturated rings. The number of benzene rings is 1. The van der Waals surface area contributed by atoms with Crippen LogP contribution in [0, 0.1) is 11.7 Å². The number of hydrogen-bond donors (Lipinski definition) is 0. The van der Waals surface area contributed by atoms with Gasteiger partial charge in [0.05, 0.1) is 0 Å². The summed E-state index contributed by atoms with van der Waals surface area (Å²) in [6, 6.07) is 7.14. The van der Waals surface area contributed by atoms with Crippen LogP contribution in [-0.4, -0.2) is 25.0 Å². The van der Waals surface area contributed by atoms with Crippen LogP contribution in [0.3, 0.4) is 0 Å². The lowest BCUT2D eigenvalue weighted by Gasteiger charge is -2.29. The van der Waals surface area contributed by atoms with E-state index >= 15 is 0 Å². The Kier molecular flexibility index (Phi) is 3.94. The van der Waals surface area contributed by atoms with Gasteiger partial charge < -0.3 is 4.90 Å². The van der Waals surface area contributed by atoms with Gasteiger partial charge in [-0.05, 0) is 56.8 Å². The maximum absolute atomic E-state index is 13.4. The van der Waals surface area contributed by atoms with Crippen LogP contribution >= 0.6 is 0 Å². The molecule has 0 amide bonds. The molecule has 1 aromatic rings. The first-order valence-electron chi connectivity index (χ1n) is 6.17. The smallest absolute Gasteiger partial charge is 0.126 e. The highest BCUT2D eigenvalue weighted by atomic mass is 19.1. The molecule has 0 aliphatic carbocycles. The van der Waals surface area contributed by atoms with Crippen molar-refractivity contribution in [2.45, 2.75) is 25.7 Å². The predicted molar refractivity (Wildman–Crippen MR) is 64.9 cm³/mol. The topological polar surface area (TPSA) is 3.24 Å². The lowest BCUT2D eigenvalue weighted by atomic mass is 9.92. The summed E-state index contributed by atoms with van der Waals surface area (Å²) >= 11 is 0. The number of aryl methyl sites for hydroxylation is 1. The Morgan fingerprint density at radius 1 is 1.38 bits per heavy atom. The van der Waals surface area contributed by atoms with E-state index in [4.69, 9.17) is 0 Å². The second-order valence-electron chi connectivity index (χ2n) is 4.90. The van der Waals surface area contributed by atoms with E-state index in [2.05, 4.69) is 11.9 Å². The van der Waals surface area contributed by atoms with Crippen molar-refractivity contribution in [3.63, 3.8) is 0 Å². The van der Waals surface area contributed by atoms with Crippen LogP contribution in [0.5, 0.6) is 0 Å². The van der Waals surface area contributed by atoms with Gasteiger partial charge in [-0.25, -0.2) is 4.39 Å². The molecular formula is C14H20FN.